The Labute approximate surface area is 106 Å². The minimum absolute atomic E-state index is 0.560. The Bertz CT molecular complexity index is 491. The maximum absolute atomic E-state index is 5.76. The molecule has 1 aromatic heterocycles. The highest BCUT2D eigenvalue weighted by Crippen LogP contribution is 2.24. The van der Waals surface area contributed by atoms with Crippen LogP contribution in [0.15, 0.2) is 28.8 Å². The van der Waals surface area contributed by atoms with Gasteiger partial charge in [0, 0.05) is 17.1 Å². The van der Waals surface area contributed by atoms with Crippen molar-refractivity contribution in [3.05, 3.63) is 41.1 Å². The minimum atomic E-state index is 0.560. The standard InChI is InChI=1S/C13H15ClN2O/c1-9-3-5-11(6-4-9)15-13-12(7-8-14)10(2)16-17-13/h3-6,15H,7-8H2,1-2H3. The Morgan fingerprint density at radius 1 is 1.24 bits per heavy atom. The lowest BCUT2D eigenvalue weighted by molar-refractivity contribution is 0.429. The van der Waals surface area contributed by atoms with Crippen molar-refractivity contribution in [3.63, 3.8) is 0 Å². The molecule has 2 rings (SSSR count). The Kier molecular flexibility index (Phi) is 3.69. The van der Waals surface area contributed by atoms with Crippen molar-refractivity contribution in [3.8, 4) is 0 Å². The van der Waals surface area contributed by atoms with Gasteiger partial charge in [-0.1, -0.05) is 22.9 Å². The average Bonchev–Trinajstić information content (AvgIpc) is 2.65. The van der Waals surface area contributed by atoms with Crippen LogP contribution in [-0.2, 0) is 6.42 Å². The molecule has 0 aliphatic heterocycles. The summed E-state index contributed by atoms with van der Waals surface area (Å²) in [4.78, 5) is 0. The molecule has 0 aliphatic carbocycles. The number of anilines is 2. The molecule has 2 aromatic rings. The maximum Gasteiger partial charge on any atom is 0.232 e. The van der Waals surface area contributed by atoms with Gasteiger partial charge in [0.1, 0.15) is 0 Å². The first-order valence-corrected chi connectivity index (χ1v) is 6.09. The third-order valence-electron chi connectivity index (χ3n) is 2.64. The molecular weight excluding hydrogens is 236 g/mol. The SMILES string of the molecule is Cc1ccc(Nc2onc(C)c2CCCl)cc1. The zero-order chi connectivity index (χ0) is 12.3. The summed E-state index contributed by atoms with van der Waals surface area (Å²) in [6, 6.07) is 8.12. The quantitative estimate of drug-likeness (QED) is 0.839. The van der Waals surface area contributed by atoms with Crippen molar-refractivity contribution in [2.24, 2.45) is 0 Å². The maximum atomic E-state index is 5.76. The lowest BCUT2D eigenvalue weighted by atomic mass is 10.2. The minimum Gasteiger partial charge on any atom is -0.338 e. The molecule has 0 saturated carbocycles. The van der Waals surface area contributed by atoms with E-state index in [1.807, 2.05) is 31.2 Å². The molecule has 0 bridgehead atoms. The molecule has 17 heavy (non-hydrogen) atoms. The lowest BCUT2D eigenvalue weighted by Crippen LogP contribution is -1.95. The van der Waals surface area contributed by atoms with E-state index in [9.17, 15) is 0 Å². The molecule has 1 aromatic carbocycles. The molecule has 1 heterocycles. The van der Waals surface area contributed by atoms with Crippen molar-refractivity contribution < 1.29 is 4.52 Å². The van der Waals surface area contributed by atoms with Crippen LogP contribution in [0.25, 0.3) is 0 Å². The van der Waals surface area contributed by atoms with Crippen molar-refractivity contribution in [1.29, 1.82) is 0 Å². The third-order valence-corrected chi connectivity index (χ3v) is 2.83. The van der Waals surface area contributed by atoms with Crippen molar-refractivity contribution >= 4 is 23.2 Å². The van der Waals surface area contributed by atoms with Crippen LogP contribution in [0.4, 0.5) is 11.6 Å². The number of benzene rings is 1. The van der Waals surface area contributed by atoms with Gasteiger partial charge in [0.05, 0.1) is 5.69 Å². The third kappa shape index (κ3) is 2.80. The first-order valence-electron chi connectivity index (χ1n) is 5.55. The molecule has 0 spiro atoms. The fourth-order valence-electron chi connectivity index (χ4n) is 1.64. The molecule has 4 heteroatoms. The van der Waals surface area contributed by atoms with Gasteiger partial charge in [0.25, 0.3) is 0 Å². The molecule has 0 unspecified atom stereocenters. The van der Waals surface area contributed by atoms with Crippen molar-refractivity contribution in [2.45, 2.75) is 20.3 Å². The monoisotopic (exact) mass is 250 g/mol. The Morgan fingerprint density at radius 3 is 2.59 bits per heavy atom. The first kappa shape index (κ1) is 12.0. The second-order valence-electron chi connectivity index (χ2n) is 4.01. The number of halogens is 1. The molecule has 0 atom stereocenters. The predicted octanol–water partition coefficient (Wildman–Crippen LogP) is 3.82. The molecule has 0 fully saturated rings. The molecule has 0 radical (unpaired) electrons. The summed E-state index contributed by atoms with van der Waals surface area (Å²) >= 11 is 5.76. The van der Waals surface area contributed by atoms with E-state index in [1.54, 1.807) is 0 Å². The van der Waals surface area contributed by atoms with Crippen LogP contribution in [-0.4, -0.2) is 11.0 Å². The van der Waals surface area contributed by atoms with E-state index < -0.39 is 0 Å². The molecule has 0 aliphatic rings. The van der Waals surface area contributed by atoms with Gasteiger partial charge in [-0.3, -0.25) is 0 Å². The zero-order valence-corrected chi connectivity index (χ0v) is 10.7. The van der Waals surface area contributed by atoms with E-state index in [1.165, 1.54) is 5.56 Å². The number of hydrogen-bond acceptors (Lipinski definition) is 3. The van der Waals surface area contributed by atoms with E-state index in [2.05, 4.69) is 17.4 Å². The van der Waals surface area contributed by atoms with Gasteiger partial charge in [-0.05, 0) is 32.4 Å². The number of nitrogens with one attached hydrogen (secondary N) is 1. The average molecular weight is 251 g/mol. The fourth-order valence-corrected chi connectivity index (χ4v) is 1.83. The van der Waals surface area contributed by atoms with Gasteiger partial charge in [0.15, 0.2) is 0 Å². The Hall–Kier alpha value is -1.48. The van der Waals surface area contributed by atoms with Crippen LogP contribution in [0.1, 0.15) is 16.8 Å². The van der Waals surface area contributed by atoms with E-state index in [0.717, 1.165) is 23.4 Å². The second-order valence-corrected chi connectivity index (χ2v) is 4.38. The van der Waals surface area contributed by atoms with E-state index in [4.69, 9.17) is 16.1 Å². The van der Waals surface area contributed by atoms with Gasteiger partial charge >= 0.3 is 0 Å². The van der Waals surface area contributed by atoms with E-state index in [-0.39, 0.29) is 0 Å². The number of hydrogen-bond donors (Lipinski definition) is 1. The topological polar surface area (TPSA) is 38.1 Å². The Balaban J connectivity index is 2.20. The predicted molar refractivity (Wildman–Crippen MR) is 70.1 cm³/mol. The normalized spacial score (nSPS) is 10.5. The van der Waals surface area contributed by atoms with Crippen LogP contribution in [0.2, 0.25) is 0 Å². The van der Waals surface area contributed by atoms with Crippen molar-refractivity contribution in [1.82, 2.24) is 5.16 Å². The Morgan fingerprint density at radius 2 is 1.94 bits per heavy atom. The van der Waals surface area contributed by atoms with Crippen LogP contribution in [0, 0.1) is 13.8 Å². The molecular formula is C13H15ClN2O. The van der Waals surface area contributed by atoms with Gasteiger partial charge in [-0.2, -0.15) is 0 Å². The zero-order valence-electron chi connectivity index (χ0n) is 9.96. The smallest absolute Gasteiger partial charge is 0.232 e. The van der Waals surface area contributed by atoms with Crippen LogP contribution >= 0.6 is 11.6 Å². The summed E-state index contributed by atoms with van der Waals surface area (Å²) in [6.45, 7) is 3.98. The summed E-state index contributed by atoms with van der Waals surface area (Å²) in [6.07, 6.45) is 0.755. The largest absolute Gasteiger partial charge is 0.338 e. The van der Waals surface area contributed by atoms with Gasteiger partial charge in [0.2, 0.25) is 5.88 Å². The van der Waals surface area contributed by atoms with Crippen molar-refractivity contribution in [2.75, 3.05) is 11.2 Å². The highest BCUT2D eigenvalue weighted by molar-refractivity contribution is 6.18. The molecule has 3 nitrogen and oxygen atoms in total. The lowest BCUT2D eigenvalue weighted by Gasteiger charge is -2.04. The van der Waals surface area contributed by atoms with E-state index in [0.29, 0.717) is 11.8 Å². The van der Waals surface area contributed by atoms with E-state index >= 15 is 0 Å². The fraction of sp³-hybridized carbons (Fsp3) is 0.308. The molecule has 1 N–H and O–H groups in total. The first-order chi connectivity index (χ1) is 8.20. The summed E-state index contributed by atoms with van der Waals surface area (Å²) in [7, 11) is 0. The highest BCUT2D eigenvalue weighted by atomic mass is 35.5. The van der Waals surface area contributed by atoms with Crippen LogP contribution in [0.5, 0.6) is 0 Å². The molecule has 90 valence electrons. The van der Waals surface area contributed by atoms with Crippen LogP contribution < -0.4 is 5.32 Å². The van der Waals surface area contributed by atoms with Gasteiger partial charge < -0.3 is 9.84 Å². The number of rotatable bonds is 4. The number of alkyl halides is 1. The molecule has 0 saturated heterocycles. The van der Waals surface area contributed by atoms with Gasteiger partial charge in [-0.15, -0.1) is 11.6 Å². The second kappa shape index (κ2) is 5.23. The highest BCUT2D eigenvalue weighted by Gasteiger charge is 2.12. The summed E-state index contributed by atoms with van der Waals surface area (Å²) in [5.41, 5.74) is 4.15. The number of nitrogens with zero attached hydrogens (tertiary/aromatic N) is 1. The summed E-state index contributed by atoms with van der Waals surface area (Å²) < 4.78 is 5.26. The summed E-state index contributed by atoms with van der Waals surface area (Å²) in [5, 5.41) is 7.17. The molecule has 0 amide bonds. The van der Waals surface area contributed by atoms with Gasteiger partial charge in [-0.25, -0.2) is 0 Å². The number of aryl methyl sites for hydroxylation is 2. The number of aromatic nitrogens is 1. The van der Waals surface area contributed by atoms with Crippen LogP contribution in [0.3, 0.4) is 0 Å². The summed E-state index contributed by atoms with van der Waals surface area (Å²) in [5.74, 6) is 1.25.